The van der Waals surface area contributed by atoms with Gasteiger partial charge in [-0.05, 0) is 18.9 Å². The number of aliphatic hydroxyl groups excluding tert-OH is 1. The summed E-state index contributed by atoms with van der Waals surface area (Å²) in [5.74, 6) is -3.58. The van der Waals surface area contributed by atoms with E-state index in [4.69, 9.17) is 9.84 Å². The lowest BCUT2D eigenvalue weighted by Crippen LogP contribution is -2.44. The zero-order chi connectivity index (χ0) is 17.4. The Morgan fingerprint density at radius 3 is 2.75 bits per heavy atom. The minimum Gasteiger partial charge on any atom is -0.492 e. The molecule has 1 aromatic carbocycles. The molecule has 0 spiro atoms. The van der Waals surface area contributed by atoms with Crippen LogP contribution >= 0.6 is 0 Å². The number of ether oxygens (including phenoxy) is 1. The molecule has 3 N–H and O–H groups in total. The Bertz CT molecular complexity index is 690. The van der Waals surface area contributed by atoms with Crippen LogP contribution in [0, 0.1) is 11.7 Å². The van der Waals surface area contributed by atoms with Crippen LogP contribution in [0.5, 0.6) is 5.75 Å². The number of aliphatic hydroxyl groups is 1. The molecule has 0 amide bonds. The van der Waals surface area contributed by atoms with Crippen molar-refractivity contribution in [1.29, 1.82) is 0 Å². The molecule has 2 aliphatic rings. The van der Waals surface area contributed by atoms with Crippen molar-refractivity contribution in [2.24, 2.45) is 5.92 Å². The molecule has 0 radical (unpaired) electrons. The second-order valence-corrected chi connectivity index (χ2v) is 5.95. The second-order valence-electron chi connectivity index (χ2n) is 5.95. The van der Waals surface area contributed by atoms with Crippen LogP contribution in [0.2, 0.25) is 0 Å². The number of carbonyl (C=O) groups excluding carboxylic acids is 1. The fraction of sp³-hybridized carbons (Fsp3) is 0.500. The van der Waals surface area contributed by atoms with Crippen molar-refractivity contribution < 1.29 is 28.9 Å². The maximum absolute atomic E-state index is 14.5. The molecule has 1 aliphatic carbocycles. The summed E-state index contributed by atoms with van der Waals surface area (Å²) in [7, 11) is 1.37. The van der Waals surface area contributed by atoms with E-state index in [1.54, 1.807) is 0 Å². The number of benzene rings is 1. The highest BCUT2D eigenvalue weighted by atomic mass is 19.1. The van der Waals surface area contributed by atoms with Gasteiger partial charge in [0.05, 0.1) is 19.4 Å². The van der Waals surface area contributed by atoms with Crippen LogP contribution in [0.1, 0.15) is 23.2 Å². The first-order valence-corrected chi connectivity index (χ1v) is 7.78. The number of carboxylic acids is 1. The van der Waals surface area contributed by atoms with Crippen LogP contribution < -0.4 is 15.0 Å². The SMILES string of the molecule is COc1c(NCCO)c(F)cc2c1N(C1CC1)CC(C(=O)O)C2=O. The number of anilines is 2. The Balaban J connectivity index is 2.16. The minimum absolute atomic E-state index is 0.0319. The van der Waals surface area contributed by atoms with Gasteiger partial charge >= 0.3 is 5.97 Å². The largest absolute Gasteiger partial charge is 0.492 e. The van der Waals surface area contributed by atoms with Crippen LogP contribution in [0.25, 0.3) is 0 Å². The summed E-state index contributed by atoms with van der Waals surface area (Å²) in [5.41, 5.74) is 0.534. The van der Waals surface area contributed by atoms with Crippen molar-refractivity contribution in [3.8, 4) is 5.75 Å². The summed E-state index contributed by atoms with van der Waals surface area (Å²) in [6.07, 6.45) is 1.78. The Kier molecular flexibility index (Phi) is 4.31. The first-order chi connectivity index (χ1) is 11.5. The summed E-state index contributed by atoms with van der Waals surface area (Å²) < 4.78 is 19.8. The van der Waals surface area contributed by atoms with Gasteiger partial charge in [0.25, 0.3) is 0 Å². The smallest absolute Gasteiger partial charge is 0.316 e. The number of ketones is 1. The van der Waals surface area contributed by atoms with E-state index >= 15 is 0 Å². The molecule has 130 valence electrons. The number of hydrogen-bond acceptors (Lipinski definition) is 6. The summed E-state index contributed by atoms with van der Waals surface area (Å²) in [5, 5.41) is 21.0. The molecule has 1 aliphatic heterocycles. The molecule has 1 atom stereocenters. The lowest BCUT2D eigenvalue weighted by atomic mass is 9.89. The molecule has 1 saturated carbocycles. The number of Topliss-reactive ketones (excluding diaryl/α,β-unsaturated/α-hetero) is 1. The predicted molar refractivity (Wildman–Crippen MR) is 84.4 cm³/mol. The molecule has 0 bridgehead atoms. The van der Waals surface area contributed by atoms with Gasteiger partial charge in [0, 0.05) is 24.7 Å². The third-order valence-corrected chi connectivity index (χ3v) is 4.36. The molecule has 0 saturated heterocycles. The minimum atomic E-state index is -1.21. The number of carboxylic acid groups (broad SMARTS) is 1. The van der Waals surface area contributed by atoms with E-state index in [9.17, 15) is 19.1 Å². The predicted octanol–water partition coefficient (Wildman–Crippen LogP) is 1.10. The third-order valence-electron chi connectivity index (χ3n) is 4.36. The molecule has 0 aromatic heterocycles. The highest BCUT2D eigenvalue weighted by Gasteiger charge is 2.44. The highest BCUT2D eigenvalue weighted by Crippen LogP contribution is 2.47. The maximum Gasteiger partial charge on any atom is 0.316 e. The van der Waals surface area contributed by atoms with Gasteiger partial charge in [-0.25, -0.2) is 4.39 Å². The van der Waals surface area contributed by atoms with Crippen molar-refractivity contribution in [3.63, 3.8) is 0 Å². The summed E-state index contributed by atoms with van der Waals surface area (Å²) in [4.78, 5) is 25.7. The monoisotopic (exact) mass is 338 g/mol. The quantitative estimate of drug-likeness (QED) is 0.668. The summed E-state index contributed by atoms with van der Waals surface area (Å²) >= 11 is 0. The number of halogens is 1. The number of aliphatic carboxylic acids is 1. The number of rotatable bonds is 6. The number of hydrogen-bond donors (Lipinski definition) is 3. The average Bonchev–Trinajstić information content (AvgIpc) is 3.38. The lowest BCUT2D eigenvalue weighted by molar-refractivity contribution is -0.139. The Labute approximate surface area is 138 Å². The Morgan fingerprint density at radius 1 is 1.50 bits per heavy atom. The van der Waals surface area contributed by atoms with Gasteiger partial charge in [-0.1, -0.05) is 0 Å². The molecule has 24 heavy (non-hydrogen) atoms. The third kappa shape index (κ3) is 2.66. The fourth-order valence-corrected chi connectivity index (χ4v) is 3.10. The van der Waals surface area contributed by atoms with Crippen LogP contribution in [-0.2, 0) is 4.79 Å². The van der Waals surface area contributed by atoms with Gasteiger partial charge in [-0.15, -0.1) is 0 Å². The number of carbonyl (C=O) groups is 2. The maximum atomic E-state index is 14.5. The van der Waals surface area contributed by atoms with Crippen molar-refractivity contribution in [3.05, 3.63) is 17.4 Å². The first kappa shape index (κ1) is 16.5. The van der Waals surface area contributed by atoms with E-state index in [1.165, 1.54) is 7.11 Å². The average molecular weight is 338 g/mol. The number of nitrogens with zero attached hydrogens (tertiary/aromatic N) is 1. The summed E-state index contributed by atoms with van der Waals surface area (Å²) in [6.45, 7) is -0.0134. The Hall–Kier alpha value is -2.35. The summed E-state index contributed by atoms with van der Waals surface area (Å²) in [6, 6.07) is 1.19. The number of fused-ring (bicyclic) bond motifs is 1. The van der Waals surface area contributed by atoms with E-state index in [1.807, 2.05) is 4.90 Å². The topological polar surface area (TPSA) is 99.1 Å². The van der Waals surface area contributed by atoms with Crippen molar-refractivity contribution in [2.45, 2.75) is 18.9 Å². The molecule has 1 aromatic rings. The number of methoxy groups -OCH3 is 1. The van der Waals surface area contributed by atoms with Crippen LogP contribution in [0.4, 0.5) is 15.8 Å². The highest BCUT2D eigenvalue weighted by molar-refractivity contribution is 6.14. The van der Waals surface area contributed by atoms with Gasteiger partial charge < -0.3 is 25.2 Å². The van der Waals surface area contributed by atoms with Gasteiger partial charge in [0.2, 0.25) is 0 Å². The Morgan fingerprint density at radius 2 is 2.21 bits per heavy atom. The molecule has 8 heteroatoms. The standard InChI is InChI=1S/C16H19FN2O5/c1-24-15-12(18-4-5-20)11(17)6-9-13(15)19(8-2-3-8)7-10(14(9)21)16(22)23/h6,8,10,18,20H,2-5,7H2,1H3,(H,22,23). The fourth-order valence-electron chi connectivity index (χ4n) is 3.10. The van der Waals surface area contributed by atoms with E-state index in [0.29, 0.717) is 5.69 Å². The molecule has 1 unspecified atom stereocenters. The van der Waals surface area contributed by atoms with E-state index in [0.717, 1.165) is 18.9 Å². The van der Waals surface area contributed by atoms with Crippen LogP contribution in [0.15, 0.2) is 6.07 Å². The van der Waals surface area contributed by atoms with E-state index < -0.39 is 23.5 Å². The zero-order valence-electron chi connectivity index (χ0n) is 13.2. The molecular weight excluding hydrogens is 319 g/mol. The second kappa shape index (κ2) is 6.27. The molecule has 3 rings (SSSR count). The molecule has 1 fully saturated rings. The van der Waals surface area contributed by atoms with Crippen molar-refractivity contribution >= 4 is 23.1 Å². The zero-order valence-corrected chi connectivity index (χ0v) is 13.2. The number of nitrogens with one attached hydrogen (secondary N) is 1. The molecule has 7 nitrogen and oxygen atoms in total. The van der Waals surface area contributed by atoms with E-state index in [-0.39, 0.29) is 42.7 Å². The van der Waals surface area contributed by atoms with Crippen LogP contribution in [0.3, 0.4) is 0 Å². The van der Waals surface area contributed by atoms with Crippen LogP contribution in [-0.4, -0.2) is 54.8 Å². The van der Waals surface area contributed by atoms with Gasteiger partial charge in [-0.2, -0.15) is 0 Å². The van der Waals surface area contributed by atoms with E-state index in [2.05, 4.69) is 5.32 Å². The lowest BCUT2D eigenvalue weighted by Gasteiger charge is -2.35. The normalized spacial score (nSPS) is 19.9. The van der Waals surface area contributed by atoms with Gasteiger partial charge in [0.15, 0.2) is 17.3 Å². The van der Waals surface area contributed by atoms with Gasteiger partial charge in [0.1, 0.15) is 11.6 Å². The molecule has 1 heterocycles. The molecular formula is C16H19FN2O5. The first-order valence-electron chi connectivity index (χ1n) is 7.78. The van der Waals surface area contributed by atoms with Crippen molar-refractivity contribution in [2.75, 3.05) is 37.0 Å². The van der Waals surface area contributed by atoms with Crippen molar-refractivity contribution in [1.82, 2.24) is 0 Å². The van der Waals surface area contributed by atoms with Gasteiger partial charge in [-0.3, -0.25) is 9.59 Å².